The van der Waals surface area contributed by atoms with Crippen LogP contribution in [0.2, 0.25) is 0 Å². The number of allylic oxidation sites excluding steroid dienone is 20. The molecular formula is C40H54O2. The largest absolute Gasteiger partial charge is 0.299 e. The lowest BCUT2D eigenvalue weighted by atomic mass is 9.63. The smallest absolute Gasteiger partial charge is 0.158 e. The molecule has 2 aliphatic rings. The Kier molecular flexibility index (Phi) is 13.2. The third-order valence-corrected chi connectivity index (χ3v) is 8.84. The van der Waals surface area contributed by atoms with Gasteiger partial charge in [0.2, 0.25) is 0 Å². The molecule has 0 aromatic rings. The molecule has 2 nitrogen and oxygen atoms in total. The number of hydrogen-bond acceptors (Lipinski definition) is 2. The highest BCUT2D eigenvalue weighted by atomic mass is 16.1. The molecule has 0 aliphatic heterocycles. The average molecular weight is 567 g/mol. The van der Waals surface area contributed by atoms with Crippen LogP contribution < -0.4 is 0 Å². The number of ketones is 2. The maximum Gasteiger partial charge on any atom is 0.158 e. The molecule has 0 saturated heterocycles. The second-order valence-corrected chi connectivity index (χ2v) is 13.6. The summed E-state index contributed by atoms with van der Waals surface area (Å²) in [6.07, 6.45) is 32.8. The Morgan fingerprint density at radius 3 is 1.76 bits per heavy atom. The third kappa shape index (κ3) is 10.9. The van der Waals surface area contributed by atoms with Gasteiger partial charge in [-0.3, -0.25) is 9.59 Å². The SMILES string of the molecule is CC1=C(/C=C/C(C)=C/C=C/C(C)=C/C=C/C=C(C)/C=C/C=C(C)/C=C/C2C(C)C(=O)CCC2(C)C)C(C)(C)CCC1=O. The summed E-state index contributed by atoms with van der Waals surface area (Å²) >= 11 is 0. The monoisotopic (exact) mass is 566 g/mol. The van der Waals surface area contributed by atoms with Crippen LogP contribution in [0.1, 0.15) is 94.9 Å². The van der Waals surface area contributed by atoms with Crippen LogP contribution in [0.15, 0.2) is 119 Å². The van der Waals surface area contributed by atoms with Gasteiger partial charge in [0.15, 0.2) is 5.78 Å². The van der Waals surface area contributed by atoms with Gasteiger partial charge in [-0.2, -0.15) is 0 Å². The van der Waals surface area contributed by atoms with Crippen molar-refractivity contribution in [3.63, 3.8) is 0 Å². The topological polar surface area (TPSA) is 34.1 Å². The Hall–Kier alpha value is -3.26. The van der Waals surface area contributed by atoms with Gasteiger partial charge in [0, 0.05) is 18.8 Å². The molecule has 42 heavy (non-hydrogen) atoms. The minimum Gasteiger partial charge on any atom is -0.299 e. The summed E-state index contributed by atoms with van der Waals surface area (Å²) in [4.78, 5) is 24.4. The van der Waals surface area contributed by atoms with Gasteiger partial charge in [0.25, 0.3) is 0 Å². The molecule has 0 amide bonds. The highest BCUT2D eigenvalue weighted by Crippen LogP contribution is 2.43. The molecule has 0 aromatic heterocycles. The number of carbonyl (C=O) groups excluding carboxylic acids is 2. The second-order valence-electron chi connectivity index (χ2n) is 13.6. The Bertz CT molecular complexity index is 1300. The standard InChI is InChI=1S/C40H54O2/c1-29(17-13-19-31(3)21-23-35-33(5)37(41)25-27-39(35,7)8)15-11-12-16-30(2)18-14-20-32(4)22-24-36-34(6)38(42)26-28-40(36,9)10/h11-24,33,35H,25-28H2,1-10H3/b12-11+,17-13+,18-14+,23-21+,24-22+,29-15+,30-16+,31-19+,32-20+. The Labute approximate surface area is 256 Å². The van der Waals surface area contributed by atoms with Gasteiger partial charge in [0.05, 0.1) is 0 Å². The van der Waals surface area contributed by atoms with E-state index in [2.05, 4.69) is 147 Å². The molecule has 1 saturated carbocycles. The summed E-state index contributed by atoms with van der Waals surface area (Å²) in [7, 11) is 0. The van der Waals surface area contributed by atoms with Gasteiger partial charge in [-0.1, -0.05) is 142 Å². The van der Waals surface area contributed by atoms with Crippen LogP contribution in [0.3, 0.4) is 0 Å². The first-order chi connectivity index (χ1) is 19.6. The summed E-state index contributed by atoms with van der Waals surface area (Å²) in [5.41, 5.74) is 6.94. The molecule has 1 fully saturated rings. The highest BCUT2D eigenvalue weighted by molar-refractivity contribution is 5.97. The van der Waals surface area contributed by atoms with E-state index in [1.807, 2.05) is 6.92 Å². The van der Waals surface area contributed by atoms with Gasteiger partial charge in [-0.05, 0) is 75.4 Å². The Morgan fingerprint density at radius 1 is 0.690 bits per heavy atom. The molecule has 0 N–H and O–H groups in total. The zero-order valence-electron chi connectivity index (χ0n) is 27.9. The fourth-order valence-corrected chi connectivity index (χ4v) is 5.71. The quantitative estimate of drug-likeness (QED) is 0.246. The normalized spacial score (nSPS) is 25.0. The number of Topliss-reactive ketones (excluding diaryl/α,β-unsaturated/α-hetero) is 2. The molecule has 2 heteroatoms. The maximum absolute atomic E-state index is 12.2. The lowest BCUT2D eigenvalue weighted by Gasteiger charge is -2.40. The maximum atomic E-state index is 12.2. The van der Waals surface area contributed by atoms with Gasteiger partial charge >= 0.3 is 0 Å². The second kappa shape index (κ2) is 15.8. The van der Waals surface area contributed by atoms with E-state index >= 15 is 0 Å². The van der Waals surface area contributed by atoms with E-state index in [0.717, 1.165) is 29.6 Å². The van der Waals surface area contributed by atoms with E-state index in [4.69, 9.17) is 0 Å². The van der Waals surface area contributed by atoms with Gasteiger partial charge < -0.3 is 0 Å². The van der Waals surface area contributed by atoms with Crippen molar-refractivity contribution < 1.29 is 9.59 Å². The van der Waals surface area contributed by atoms with Crippen LogP contribution in [0.5, 0.6) is 0 Å². The molecule has 0 aromatic carbocycles. The predicted octanol–water partition coefficient (Wildman–Crippen LogP) is 10.9. The predicted molar refractivity (Wildman–Crippen MR) is 182 cm³/mol. The lowest BCUT2D eigenvalue weighted by molar-refractivity contribution is -0.128. The fourth-order valence-electron chi connectivity index (χ4n) is 5.71. The first-order valence-electron chi connectivity index (χ1n) is 15.5. The molecule has 2 unspecified atom stereocenters. The summed E-state index contributed by atoms with van der Waals surface area (Å²) in [5.74, 6) is 1.05. The molecule has 2 atom stereocenters. The third-order valence-electron chi connectivity index (χ3n) is 8.84. The average Bonchev–Trinajstić information content (AvgIpc) is 2.91. The van der Waals surface area contributed by atoms with Crippen LogP contribution in [0.25, 0.3) is 0 Å². The van der Waals surface area contributed by atoms with Gasteiger partial charge in [-0.25, -0.2) is 0 Å². The van der Waals surface area contributed by atoms with Crippen molar-refractivity contribution in [2.75, 3.05) is 0 Å². The zero-order chi connectivity index (χ0) is 31.5. The van der Waals surface area contributed by atoms with Crippen LogP contribution in [0, 0.1) is 22.7 Å². The van der Waals surface area contributed by atoms with E-state index < -0.39 is 0 Å². The van der Waals surface area contributed by atoms with Crippen molar-refractivity contribution in [1.82, 2.24) is 0 Å². The van der Waals surface area contributed by atoms with Crippen LogP contribution in [0.4, 0.5) is 0 Å². The molecule has 0 bridgehead atoms. The number of carbonyl (C=O) groups is 2. The van der Waals surface area contributed by atoms with Crippen LogP contribution in [-0.4, -0.2) is 11.6 Å². The summed E-state index contributed by atoms with van der Waals surface area (Å²) in [6, 6.07) is 0. The van der Waals surface area contributed by atoms with Crippen molar-refractivity contribution in [2.45, 2.75) is 94.9 Å². The van der Waals surface area contributed by atoms with Crippen LogP contribution >= 0.6 is 0 Å². The first-order valence-corrected chi connectivity index (χ1v) is 15.5. The highest BCUT2D eigenvalue weighted by Gasteiger charge is 2.39. The van der Waals surface area contributed by atoms with Gasteiger partial charge in [-0.15, -0.1) is 0 Å². The Balaban J connectivity index is 1.91. The van der Waals surface area contributed by atoms with E-state index in [0.29, 0.717) is 18.6 Å². The lowest BCUT2D eigenvalue weighted by Crippen LogP contribution is -2.37. The molecular weight excluding hydrogens is 512 g/mol. The Morgan fingerprint density at radius 2 is 1.19 bits per heavy atom. The van der Waals surface area contributed by atoms with E-state index in [-0.39, 0.29) is 28.4 Å². The molecule has 226 valence electrons. The zero-order valence-corrected chi connectivity index (χ0v) is 27.9. The summed E-state index contributed by atoms with van der Waals surface area (Å²) in [5, 5.41) is 0. The molecule has 2 rings (SSSR count). The van der Waals surface area contributed by atoms with Crippen molar-refractivity contribution in [3.8, 4) is 0 Å². The van der Waals surface area contributed by atoms with Crippen molar-refractivity contribution >= 4 is 11.6 Å². The van der Waals surface area contributed by atoms with Crippen molar-refractivity contribution in [1.29, 1.82) is 0 Å². The van der Waals surface area contributed by atoms with Crippen molar-refractivity contribution in [3.05, 3.63) is 119 Å². The minimum atomic E-state index is 0.0419. The fraction of sp³-hybridized carbons (Fsp3) is 0.450. The molecule has 0 radical (unpaired) electrons. The van der Waals surface area contributed by atoms with Crippen molar-refractivity contribution in [2.24, 2.45) is 22.7 Å². The summed E-state index contributed by atoms with van der Waals surface area (Å²) < 4.78 is 0. The van der Waals surface area contributed by atoms with Gasteiger partial charge in [0.1, 0.15) is 5.78 Å². The summed E-state index contributed by atoms with van der Waals surface area (Å²) in [6.45, 7) is 21.4. The van der Waals surface area contributed by atoms with E-state index in [1.165, 1.54) is 16.7 Å². The molecule has 0 heterocycles. The van der Waals surface area contributed by atoms with E-state index in [1.54, 1.807) is 0 Å². The molecule has 0 spiro atoms. The minimum absolute atomic E-state index is 0.0419. The number of hydrogen-bond donors (Lipinski definition) is 0. The van der Waals surface area contributed by atoms with Crippen LogP contribution in [-0.2, 0) is 9.59 Å². The number of rotatable bonds is 10. The first kappa shape index (κ1) is 34.9. The van der Waals surface area contributed by atoms with E-state index in [9.17, 15) is 9.59 Å². The molecule has 2 aliphatic carbocycles.